The summed E-state index contributed by atoms with van der Waals surface area (Å²) in [7, 11) is 0. The normalized spacial score (nSPS) is 47.4. The van der Waals surface area contributed by atoms with Gasteiger partial charge in [-0.3, -0.25) is 0 Å². The van der Waals surface area contributed by atoms with E-state index in [1.165, 1.54) is 6.54 Å². The monoisotopic (exact) mass is 208 g/mol. The van der Waals surface area contributed by atoms with E-state index < -0.39 is 0 Å². The predicted octanol–water partition coefficient (Wildman–Crippen LogP) is 1.61. The lowest BCUT2D eigenvalue weighted by molar-refractivity contribution is -0.0353. The minimum atomic E-state index is 0.785. The minimum Gasteiger partial charge on any atom is -0.329 e. The second-order valence-electron chi connectivity index (χ2n) is 6.09. The molecule has 0 radical (unpaired) electrons. The summed E-state index contributed by atoms with van der Waals surface area (Å²) in [5.74, 6) is 5.33. The van der Waals surface area contributed by atoms with Crippen molar-refractivity contribution in [1.29, 1.82) is 0 Å². The summed E-state index contributed by atoms with van der Waals surface area (Å²) in [5.41, 5.74) is 5.53. The average molecular weight is 208 g/mol. The number of rotatable bonds is 4. The summed E-state index contributed by atoms with van der Waals surface area (Å²) in [6.07, 6.45) is 7.74. The number of hydrogen-bond acceptors (Lipinski definition) is 2. The van der Waals surface area contributed by atoms with E-state index in [2.05, 4.69) is 5.32 Å². The molecule has 0 unspecified atom stereocenters. The minimum absolute atomic E-state index is 0.785. The van der Waals surface area contributed by atoms with E-state index in [4.69, 9.17) is 5.73 Å². The molecule has 0 amide bonds. The Balaban J connectivity index is 1.60. The second kappa shape index (κ2) is 4.06. The highest BCUT2D eigenvalue weighted by Gasteiger charge is 2.47. The van der Waals surface area contributed by atoms with E-state index in [-0.39, 0.29) is 0 Å². The molecule has 0 saturated heterocycles. The largest absolute Gasteiger partial charge is 0.329 e. The number of nitrogens with two attached hydrogens (primary N) is 1. The molecule has 4 saturated carbocycles. The third kappa shape index (κ3) is 1.83. The Morgan fingerprint density at radius 1 is 0.933 bits per heavy atom. The molecule has 4 fully saturated rings. The van der Waals surface area contributed by atoms with Crippen molar-refractivity contribution in [2.75, 3.05) is 19.6 Å². The van der Waals surface area contributed by atoms with Crippen LogP contribution in [0, 0.1) is 29.6 Å². The lowest BCUT2D eigenvalue weighted by Crippen LogP contribution is -2.48. The van der Waals surface area contributed by atoms with Gasteiger partial charge in [0.05, 0.1) is 0 Å². The Kier molecular flexibility index (Phi) is 2.73. The Bertz CT molecular complexity index is 199. The molecular weight excluding hydrogens is 184 g/mol. The molecule has 3 N–H and O–H groups in total. The van der Waals surface area contributed by atoms with Crippen LogP contribution in [0.5, 0.6) is 0 Å². The van der Waals surface area contributed by atoms with Crippen LogP contribution in [0.2, 0.25) is 0 Å². The van der Waals surface area contributed by atoms with Crippen molar-refractivity contribution < 1.29 is 0 Å². The Labute approximate surface area is 93.0 Å². The van der Waals surface area contributed by atoms with E-state index in [0.29, 0.717) is 0 Å². The first kappa shape index (κ1) is 10.1. The molecule has 0 aromatic rings. The molecule has 4 aliphatic rings. The van der Waals surface area contributed by atoms with Crippen molar-refractivity contribution in [2.45, 2.75) is 32.1 Å². The summed E-state index contributed by atoms with van der Waals surface area (Å²) >= 11 is 0. The molecule has 2 nitrogen and oxygen atoms in total. The molecule has 0 heterocycles. The van der Waals surface area contributed by atoms with Crippen LogP contribution in [-0.4, -0.2) is 19.6 Å². The summed E-state index contributed by atoms with van der Waals surface area (Å²) in [5, 5.41) is 3.54. The highest BCUT2D eigenvalue weighted by Crippen LogP contribution is 2.56. The summed E-state index contributed by atoms with van der Waals surface area (Å²) in [4.78, 5) is 0. The first-order valence-corrected chi connectivity index (χ1v) is 6.77. The topological polar surface area (TPSA) is 38.0 Å². The van der Waals surface area contributed by atoms with Crippen LogP contribution in [0.15, 0.2) is 0 Å². The Hall–Kier alpha value is -0.0800. The lowest BCUT2D eigenvalue weighted by atomic mass is 9.52. The molecule has 86 valence electrons. The van der Waals surface area contributed by atoms with Gasteiger partial charge in [-0.2, -0.15) is 0 Å². The van der Waals surface area contributed by atoms with Crippen LogP contribution in [0.4, 0.5) is 0 Å². The molecule has 0 spiro atoms. The molecule has 0 aromatic carbocycles. The zero-order valence-corrected chi connectivity index (χ0v) is 9.62. The van der Waals surface area contributed by atoms with Crippen LogP contribution in [0.25, 0.3) is 0 Å². The van der Waals surface area contributed by atoms with Crippen molar-refractivity contribution >= 4 is 0 Å². The third-order valence-corrected chi connectivity index (χ3v) is 5.12. The van der Waals surface area contributed by atoms with E-state index in [0.717, 1.165) is 42.7 Å². The van der Waals surface area contributed by atoms with Crippen molar-refractivity contribution in [3.05, 3.63) is 0 Å². The molecular formula is C13H24N2. The smallest absolute Gasteiger partial charge is 0.00746 e. The van der Waals surface area contributed by atoms with E-state index in [1.54, 1.807) is 32.1 Å². The van der Waals surface area contributed by atoms with Crippen LogP contribution in [-0.2, 0) is 0 Å². The van der Waals surface area contributed by atoms with Gasteiger partial charge in [0.25, 0.3) is 0 Å². The molecule has 0 aliphatic heterocycles. The van der Waals surface area contributed by atoms with Crippen LogP contribution in [0.1, 0.15) is 32.1 Å². The van der Waals surface area contributed by atoms with Crippen LogP contribution < -0.4 is 11.1 Å². The zero-order chi connectivity index (χ0) is 10.3. The maximum Gasteiger partial charge on any atom is 0.00746 e. The van der Waals surface area contributed by atoms with Gasteiger partial charge < -0.3 is 11.1 Å². The number of hydrogen-bond donors (Lipinski definition) is 2. The van der Waals surface area contributed by atoms with Gasteiger partial charge in [-0.05, 0) is 68.2 Å². The fraction of sp³-hybridized carbons (Fsp3) is 1.00. The van der Waals surface area contributed by atoms with Gasteiger partial charge >= 0.3 is 0 Å². The van der Waals surface area contributed by atoms with Gasteiger partial charge in [0.2, 0.25) is 0 Å². The molecule has 2 heteroatoms. The predicted molar refractivity (Wildman–Crippen MR) is 62.5 cm³/mol. The molecule has 0 aromatic heterocycles. The van der Waals surface area contributed by atoms with Gasteiger partial charge in [-0.25, -0.2) is 0 Å². The van der Waals surface area contributed by atoms with Crippen molar-refractivity contribution in [3.63, 3.8) is 0 Å². The standard InChI is InChI=1S/C13H24N2/c14-1-2-15-8-13-11-4-9-3-10(6-11)7-12(13)5-9/h9-13,15H,1-8,14H2. The van der Waals surface area contributed by atoms with E-state index in [1.807, 2.05) is 0 Å². The van der Waals surface area contributed by atoms with Gasteiger partial charge in [0.15, 0.2) is 0 Å². The summed E-state index contributed by atoms with van der Waals surface area (Å²) in [6.45, 7) is 3.03. The van der Waals surface area contributed by atoms with Gasteiger partial charge in [0.1, 0.15) is 0 Å². The van der Waals surface area contributed by atoms with Gasteiger partial charge in [0, 0.05) is 13.1 Å². The highest BCUT2D eigenvalue weighted by atomic mass is 14.9. The SMILES string of the molecule is NCCNCC1C2CC3CC(C2)CC1C3. The van der Waals surface area contributed by atoms with Crippen molar-refractivity contribution in [3.8, 4) is 0 Å². The molecule has 15 heavy (non-hydrogen) atoms. The van der Waals surface area contributed by atoms with Crippen LogP contribution in [0.3, 0.4) is 0 Å². The summed E-state index contributed by atoms with van der Waals surface area (Å²) in [6, 6.07) is 0. The average Bonchev–Trinajstić information content (AvgIpc) is 2.21. The molecule has 0 atom stereocenters. The Morgan fingerprint density at radius 3 is 2.07 bits per heavy atom. The van der Waals surface area contributed by atoms with Crippen LogP contribution >= 0.6 is 0 Å². The van der Waals surface area contributed by atoms with Gasteiger partial charge in [-0.1, -0.05) is 0 Å². The quantitative estimate of drug-likeness (QED) is 0.689. The van der Waals surface area contributed by atoms with E-state index >= 15 is 0 Å². The number of nitrogens with one attached hydrogen (secondary N) is 1. The molecule has 4 rings (SSSR count). The molecule has 4 aliphatic carbocycles. The maximum absolute atomic E-state index is 5.53. The second-order valence-corrected chi connectivity index (χ2v) is 6.09. The first-order valence-electron chi connectivity index (χ1n) is 6.77. The third-order valence-electron chi connectivity index (χ3n) is 5.12. The first-order chi connectivity index (χ1) is 7.36. The fourth-order valence-corrected chi connectivity index (χ4v) is 4.74. The highest BCUT2D eigenvalue weighted by molar-refractivity contribution is 4.98. The summed E-state index contributed by atoms with van der Waals surface area (Å²) < 4.78 is 0. The van der Waals surface area contributed by atoms with Gasteiger partial charge in [-0.15, -0.1) is 0 Å². The zero-order valence-electron chi connectivity index (χ0n) is 9.62. The van der Waals surface area contributed by atoms with Crippen molar-refractivity contribution in [2.24, 2.45) is 35.3 Å². The molecule has 4 bridgehead atoms. The van der Waals surface area contributed by atoms with E-state index in [9.17, 15) is 0 Å². The Morgan fingerprint density at radius 2 is 1.53 bits per heavy atom. The lowest BCUT2D eigenvalue weighted by Gasteiger charge is -2.54. The van der Waals surface area contributed by atoms with Crippen molar-refractivity contribution in [1.82, 2.24) is 5.32 Å². The maximum atomic E-state index is 5.53. The fourth-order valence-electron chi connectivity index (χ4n) is 4.74.